The van der Waals surface area contributed by atoms with Gasteiger partial charge in [-0.3, -0.25) is 0 Å². The molecule has 0 spiro atoms. The van der Waals surface area contributed by atoms with Crippen molar-refractivity contribution in [1.29, 1.82) is 0 Å². The van der Waals surface area contributed by atoms with Crippen molar-refractivity contribution in [3.05, 3.63) is 52.6 Å². The van der Waals surface area contributed by atoms with Gasteiger partial charge in [-0.05, 0) is 38.6 Å². The number of benzene rings is 1. The molecule has 8 heteroatoms. The van der Waals surface area contributed by atoms with E-state index in [0.29, 0.717) is 33.9 Å². The van der Waals surface area contributed by atoms with Crippen LogP contribution in [0, 0.1) is 13.8 Å². The van der Waals surface area contributed by atoms with Gasteiger partial charge in [0, 0.05) is 16.5 Å². The predicted octanol–water partition coefficient (Wildman–Crippen LogP) is 5.01. The standard InChI is InChI=1S/C19H19N3O3S2/c1-4-24-18(23)16-15(13-8-6-5-7-9-13)12(3)27-17(16)21-19(26)20-14-10-11(2)25-22-14/h5-10H,4H2,1-3H3,(H2,20,21,22,26). The van der Waals surface area contributed by atoms with Gasteiger partial charge in [0.2, 0.25) is 0 Å². The number of aromatic nitrogens is 1. The molecule has 0 aliphatic rings. The molecular formula is C19H19N3O3S2. The van der Waals surface area contributed by atoms with Crippen LogP contribution in [0.4, 0.5) is 10.8 Å². The van der Waals surface area contributed by atoms with Crippen LogP contribution < -0.4 is 10.6 Å². The van der Waals surface area contributed by atoms with E-state index in [-0.39, 0.29) is 5.97 Å². The van der Waals surface area contributed by atoms with Crippen LogP contribution in [0.25, 0.3) is 11.1 Å². The number of nitrogens with zero attached hydrogens (tertiary/aromatic N) is 1. The maximum Gasteiger partial charge on any atom is 0.341 e. The molecule has 0 radical (unpaired) electrons. The topological polar surface area (TPSA) is 76.4 Å². The Kier molecular flexibility index (Phi) is 5.88. The highest BCUT2D eigenvalue weighted by Crippen LogP contribution is 2.40. The summed E-state index contributed by atoms with van der Waals surface area (Å²) in [6, 6.07) is 11.5. The van der Waals surface area contributed by atoms with Gasteiger partial charge >= 0.3 is 5.97 Å². The molecule has 1 aromatic carbocycles. The minimum absolute atomic E-state index is 0.294. The maximum atomic E-state index is 12.7. The lowest BCUT2D eigenvalue weighted by molar-refractivity contribution is 0.0529. The Labute approximate surface area is 166 Å². The number of ether oxygens (including phenoxy) is 1. The molecule has 6 nitrogen and oxygen atoms in total. The van der Waals surface area contributed by atoms with E-state index in [0.717, 1.165) is 16.0 Å². The van der Waals surface area contributed by atoms with Crippen LogP contribution in [0.2, 0.25) is 0 Å². The molecule has 0 fully saturated rings. The quantitative estimate of drug-likeness (QED) is 0.460. The lowest BCUT2D eigenvalue weighted by Crippen LogP contribution is -2.20. The van der Waals surface area contributed by atoms with Crippen LogP contribution in [0.5, 0.6) is 0 Å². The number of thiophene rings is 1. The fourth-order valence-corrected chi connectivity index (χ4v) is 4.00. The summed E-state index contributed by atoms with van der Waals surface area (Å²) in [4.78, 5) is 13.7. The van der Waals surface area contributed by atoms with Crippen LogP contribution >= 0.6 is 23.6 Å². The Hall–Kier alpha value is -2.71. The summed E-state index contributed by atoms with van der Waals surface area (Å²) in [5.74, 6) is 0.786. The minimum Gasteiger partial charge on any atom is -0.462 e. The number of thiocarbonyl (C=S) groups is 1. The molecule has 0 saturated heterocycles. The first-order valence-corrected chi connectivity index (χ1v) is 9.59. The summed E-state index contributed by atoms with van der Waals surface area (Å²) < 4.78 is 10.3. The molecule has 2 N–H and O–H groups in total. The third-order valence-corrected chi connectivity index (χ3v) is 4.95. The molecule has 0 aliphatic carbocycles. The summed E-state index contributed by atoms with van der Waals surface area (Å²) in [6.07, 6.45) is 0. The smallest absolute Gasteiger partial charge is 0.341 e. The van der Waals surface area contributed by atoms with Crippen molar-refractivity contribution in [2.75, 3.05) is 17.2 Å². The Morgan fingerprint density at radius 3 is 2.63 bits per heavy atom. The highest BCUT2D eigenvalue weighted by atomic mass is 32.1. The molecular weight excluding hydrogens is 382 g/mol. The average Bonchev–Trinajstić information content (AvgIpc) is 3.18. The van der Waals surface area contributed by atoms with Gasteiger partial charge in [-0.25, -0.2) is 4.79 Å². The first-order valence-electron chi connectivity index (χ1n) is 8.36. The van der Waals surface area contributed by atoms with E-state index in [1.807, 2.05) is 37.3 Å². The summed E-state index contributed by atoms with van der Waals surface area (Å²) >= 11 is 6.81. The molecule has 3 aromatic rings. The number of nitrogens with one attached hydrogen (secondary N) is 2. The molecule has 0 atom stereocenters. The number of rotatable bonds is 5. The third-order valence-electron chi connectivity index (χ3n) is 3.72. The first-order chi connectivity index (χ1) is 13.0. The Morgan fingerprint density at radius 1 is 1.26 bits per heavy atom. The minimum atomic E-state index is -0.386. The van der Waals surface area contributed by atoms with Gasteiger partial charge in [0.25, 0.3) is 0 Å². The molecule has 0 aliphatic heterocycles. The average molecular weight is 402 g/mol. The van der Waals surface area contributed by atoms with Crippen molar-refractivity contribution in [1.82, 2.24) is 5.16 Å². The van der Waals surface area contributed by atoms with Crippen molar-refractivity contribution in [3.8, 4) is 11.1 Å². The molecule has 27 heavy (non-hydrogen) atoms. The van der Waals surface area contributed by atoms with Gasteiger partial charge in [0.1, 0.15) is 16.3 Å². The van der Waals surface area contributed by atoms with E-state index < -0.39 is 0 Å². The van der Waals surface area contributed by atoms with Crippen LogP contribution in [0.3, 0.4) is 0 Å². The van der Waals surface area contributed by atoms with E-state index in [2.05, 4.69) is 15.8 Å². The van der Waals surface area contributed by atoms with E-state index in [4.69, 9.17) is 21.5 Å². The maximum absolute atomic E-state index is 12.7. The highest BCUT2D eigenvalue weighted by Gasteiger charge is 2.25. The van der Waals surface area contributed by atoms with Crippen molar-refractivity contribution >= 4 is 45.5 Å². The third kappa shape index (κ3) is 4.35. The van der Waals surface area contributed by atoms with E-state index in [1.165, 1.54) is 11.3 Å². The number of aryl methyl sites for hydroxylation is 2. The molecule has 0 amide bonds. The van der Waals surface area contributed by atoms with Crippen LogP contribution in [0.15, 0.2) is 40.9 Å². The van der Waals surface area contributed by atoms with Crippen molar-refractivity contribution in [2.24, 2.45) is 0 Å². The lowest BCUT2D eigenvalue weighted by Gasteiger charge is -2.10. The second kappa shape index (κ2) is 8.32. The second-order valence-corrected chi connectivity index (χ2v) is 7.36. The van der Waals surface area contributed by atoms with Crippen LogP contribution in [-0.2, 0) is 4.74 Å². The van der Waals surface area contributed by atoms with Crippen molar-refractivity contribution in [2.45, 2.75) is 20.8 Å². The van der Waals surface area contributed by atoms with Gasteiger partial charge in [-0.1, -0.05) is 35.5 Å². The van der Waals surface area contributed by atoms with Crippen LogP contribution in [0.1, 0.15) is 27.9 Å². The Balaban J connectivity index is 1.94. The van der Waals surface area contributed by atoms with E-state index >= 15 is 0 Å². The first kappa shape index (κ1) is 19.1. The largest absolute Gasteiger partial charge is 0.462 e. The summed E-state index contributed by atoms with van der Waals surface area (Å²) in [7, 11) is 0. The number of esters is 1. The summed E-state index contributed by atoms with van der Waals surface area (Å²) in [5, 5.41) is 10.8. The van der Waals surface area contributed by atoms with Gasteiger partial charge in [0.15, 0.2) is 10.9 Å². The van der Waals surface area contributed by atoms with Gasteiger partial charge in [-0.15, -0.1) is 11.3 Å². The number of hydrogen-bond acceptors (Lipinski definition) is 6. The summed E-state index contributed by atoms with van der Waals surface area (Å²) in [6.45, 7) is 5.84. The molecule has 0 saturated carbocycles. The molecule has 0 bridgehead atoms. The molecule has 140 valence electrons. The van der Waals surface area contributed by atoms with Gasteiger partial charge < -0.3 is 19.9 Å². The zero-order valence-electron chi connectivity index (χ0n) is 15.2. The highest BCUT2D eigenvalue weighted by molar-refractivity contribution is 7.80. The van der Waals surface area contributed by atoms with Crippen LogP contribution in [-0.4, -0.2) is 22.8 Å². The number of carbonyl (C=O) groups excluding carboxylic acids is 1. The second-order valence-electron chi connectivity index (χ2n) is 5.73. The Morgan fingerprint density at radius 2 is 2.00 bits per heavy atom. The number of carbonyl (C=O) groups is 1. The number of hydrogen-bond donors (Lipinski definition) is 2. The zero-order valence-corrected chi connectivity index (χ0v) is 16.8. The lowest BCUT2D eigenvalue weighted by atomic mass is 10.0. The molecule has 2 aromatic heterocycles. The fraction of sp³-hybridized carbons (Fsp3) is 0.211. The van der Waals surface area contributed by atoms with Gasteiger partial charge in [-0.2, -0.15) is 0 Å². The molecule has 0 unspecified atom stereocenters. The molecule has 3 rings (SSSR count). The fourth-order valence-electron chi connectivity index (χ4n) is 2.66. The van der Waals surface area contributed by atoms with E-state index in [9.17, 15) is 4.79 Å². The number of anilines is 2. The SMILES string of the molecule is CCOC(=O)c1c(NC(=S)Nc2cc(C)on2)sc(C)c1-c1ccccc1. The summed E-state index contributed by atoms with van der Waals surface area (Å²) in [5.41, 5.74) is 2.28. The van der Waals surface area contributed by atoms with Crippen molar-refractivity contribution < 1.29 is 14.1 Å². The van der Waals surface area contributed by atoms with Crippen molar-refractivity contribution in [3.63, 3.8) is 0 Å². The normalized spacial score (nSPS) is 10.5. The zero-order chi connectivity index (χ0) is 19.4. The molecule has 2 heterocycles. The van der Waals surface area contributed by atoms with Gasteiger partial charge in [0.05, 0.1) is 6.61 Å². The predicted molar refractivity (Wildman–Crippen MR) is 112 cm³/mol. The monoisotopic (exact) mass is 401 g/mol. The van der Waals surface area contributed by atoms with E-state index in [1.54, 1.807) is 19.9 Å². The Bertz CT molecular complexity index is 964.